The molecule has 1 aliphatic rings. The predicted octanol–water partition coefficient (Wildman–Crippen LogP) is 3.59. The maximum atomic E-state index is 13.8. The molecule has 3 N–H and O–H groups in total. The highest BCUT2D eigenvalue weighted by Crippen LogP contribution is 2.31. The molecule has 1 aromatic carbocycles. The van der Waals surface area contributed by atoms with Crippen molar-refractivity contribution in [1.29, 1.82) is 0 Å². The summed E-state index contributed by atoms with van der Waals surface area (Å²) in [6, 6.07) is 6.91. The molecule has 0 saturated heterocycles. The molecule has 2 heterocycles. The summed E-state index contributed by atoms with van der Waals surface area (Å²) >= 11 is 1.23. The quantitative estimate of drug-likeness (QED) is 0.613. The number of rotatable bonds is 8. The zero-order chi connectivity index (χ0) is 21.7. The minimum absolute atomic E-state index is 0.112. The monoisotopic (exact) mass is 433 g/mol. The molecule has 0 fully saturated rings. The van der Waals surface area contributed by atoms with Crippen LogP contribution >= 0.6 is 11.8 Å². The van der Waals surface area contributed by atoms with E-state index in [0.717, 1.165) is 5.69 Å². The number of nitrogens with one attached hydrogen (secondary N) is 1. The highest BCUT2D eigenvalue weighted by Gasteiger charge is 2.27. The van der Waals surface area contributed by atoms with Crippen molar-refractivity contribution in [3.05, 3.63) is 53.6 Å². The first-order valence-corrected chi connectivity index (χ1v) is 10.5. The van der Waals surface area contributed by atoms with Gasteiger partial charge < -0.3 is 25.1 Å². The molecule has 0 unspecified atom stereocenters. The number of aromatic nitrogens is 3. The molecule has 8 nitrogen and oxygen atoms in total. The number of nitrogens with two attached hydrogens (primary N) is 1. The summed E-state index contributed by atoms with van der Waals surface area (Å²) in [4.78, 5) is 12.3. The lowest BCUT2D eigenvalue weighted by Gasteiger charge is -2.10. The number of hydrogen-bond acceptors (Lipinski definition) is 7. The molecule has 1 aliphatic heterocycles. The highest BCUT2D eigenvalue weighted by atomic mass is 32.2. The van der Waals surface area contributed by atoms with E-state index in [-0.39, 0.29) is 29.8 Å². The number of allylic oxidation sites excluding steroid dienone is 1. The highest BCUT2D eigenvalue weighted by molar-refractivity contribution is 7.99. The maximum Gasteiger partial charge on any atom is 0.319 e. The Morgan fingerprint density at radius 2 is 2.07 bits per heavy atom. The number of anilines is 1. The van der Waals surface area contributed by atoms with Gasteiger partial charge in [0.1, 0.15) is 0 Å². The third-order valence-corrected chi connectivity index (χ3v) is 5.41. The number of amides is 1. The molecule has 30 heavy (non-hydrogen) atoms. The number of benzene rings is 1. The van der Waals surface area contributed by atoms with E-state index < -0.39 is 6.01 Å². The standard InChI is InChI=1S/C20H24FN5O3S/c1-4-26-19(15(9-22)17-18(21)29-11-28-17)24-25-20(26)30-10-16(27)23-14-7-5-13(6-8-14)12(2)3/h5-9,12H,4,10-11,22H2,1-3H3,(H,23,27)/b15-9+. The average molecular weight is 434 g/mol. The van der Waals surface area contributed by atoms with Gasteiger partial charge in [0.2, 0.25) is 18.5 Å². The first-order valence-electron chi connectivity index (χ1n) is 9.48. The second kappa shape index (κ2) is 9.66. The van der Waals surface area contributed by atoms with Crippen molar-refractivity contribution in [2.75, 3.05) is 17.9 Å². The van der Waals surface area contributed by atoms with E-state index in [1.54, 1.807) is 4.57 Å². The normalized spacial score (nSPS) is 14.1. The smallest absolute Gasteiger partial charge is 0.319 e. The van der Waals surface area contributed by atoms with E-state index in [9.17, 15) is 9.18 Å². The summed E-state index contributed by atoms with van der Waals surface area (Å²) in [6.07, 6.45) is 1.20. The van der Waals surface area contributed by atoms with Gasteiger partial charge in [-0.1, -0.05) is 37.7 Å². The Morgan fingerprint density at radius 3 is 2.63 bits per heavy atom. The fraction of sp³-hybridized carbons (Fsp3) is 0.350. The molecule has 10 heteroatoms. The Kier molecular flexibility index (Phi) is 6.99. The molecule has 0 aliphatic carbocycles. The second-order valence-electron chi connectivity index (χ2n) is 6.75. The third-order valence-electron chi connectivity index (χ3n) is 4.45. The molecule has 0 bridgehead atoms. The van der Waals surface area contributed by atoms with Gasteiger partial charge in [0.15, 0.2) is 11.0 Å². The van der Waals surface area contributed by atoms with Crippen molar-refractivity contribution in [2.45, 2.75) is 38.4 Å². The molecule has 2 aromatic rings. The maximum absolute atomic E-state index is 13.8. The number of thioether (sulfide) groups is 1. The van der Waals surface area contributed by atoms with Crippen LogP contribution in [0.15, 0.2) is 47.4 Å². The summed E-state index contributed by atoms with van der Waals surface area (Å²) < 4.78 is 25.4. The Hall–Kier alpha value is -3.01. The summed E-state index contributed by atoms with van der Waals surface area (Å²) in [5.41, 5.74) is 7.84. The van der Waals surface area contributed by atoms with Crippen LogP contribution in [0.5, 0.6) is 0 Å². The van der Waals surface area contributed by atoms with E-state index in [1.165, 1.54) is 23.5 Å². The molecular weight excluding hydrogens is 409 g/mol. The fourth-order valence-corrected chi connectivity index (χ4v) is 3.66. The lowest BCUT2D eigenvalue weighted by Crippen LogP contribution is -2.15. The van der Waals surface area contributed by atoms with Crippen LogP contribution in [0.4, 0.5) is 10.1 Å². The van der Waals surface area contributed by atoms with Gasteiger partial charge in [-0.3, -0.25) is 4.79 Å². The molecule has 0 atom stereocenters. The van der Waals surface area contributed by atoms with Gasteiger partial charge in [0.25, 0.3) is 0 Å². The van der Waals surface area contributed by atoms with Crippen LogP contribution in [0.2, 0.25) is 0 Å². The van der Waals surface area contributed by atoms with Crippen LogP contribution in [0.3, 0.4) is 0 Å². The number of carbonyl (C=O) groups excluding carboxylic acids is 1. The van der Waals surface area contributed by atoms with Gasteiger partial charge in [-0.2, -0.15) is 4.39 Å². The summed E-state index contributed by atoms with van der Waals surface area (Å²) in [5, 5.41) is 11.6. The topological polar surface area (TPSA) is 104 Å². The zero-order valence-electron chi connectivity index (χ0n) is 17.0. The number of ether oxygens (including phenoxy) is 2. The molecule has 0 saturated carbocycles. The van der Waals surface area contributed by atoms with Gasteiger partial charge in [0, 0.05) is 18.4 Å². The molecule has 1 amide bonds. The SMILES string of the molecule is CCn1c(SCC(=O)Nc2ccc(C(C)C)cc2)nnc1/C(=C/N)C1=C(F)OCO1. The van der Waals surface area contributed by atoms with Crippen molar-refractivity contribution >= 4 is 28.9 Å². The summed E-state index contributed by atoms with van der Waals surface area (Å²) in [5.74, 6) is 0.627. The van der Waals surface area contributed by atoms with Crippen molar-refractivity contribution in [2.24, 2.45) is 5.73 Å². The minimum atomic E-state index is -0.852. The van der Waals surface area contributed by atoms with Crippen molar-refractivity contribution in [3.8, 4) is 0 Å². The summed E-state index contributed by atoms with van der Waals surface area (Å²) in [7, 11) is 0. The molecular formula is C20H24FN5O3S. The Bertz CT molecular complexity index is 969. The number of carbonyl (C=O) groups is 1. The van der Waals surface area contributed by atoms with Crippen molar-refractivity contribution < 1.29 is 18.7 Å². The number of halogens is 1. The van der Waals surface area contributed by atoms with E-state index >= 15 is 0 Å². The Labute approximate surface area is 178 Å². The molecule has 0 spiro atoms. The average Bonchev–Trinajstić information content (AvgIpc) is 3.34. The molecule has 0 radical (unpaired) electrons. The molecule has 1 aromatic heterocycles. The van der Waals surface area contributed by atoms with E-state index in [1.807, 2.05) is 31.2 Å². The van der Waals surface area contributed by atoms with Crippen LogP contribution in [0, 0.1) is 0 Å². The molecule has 3 rings (SSSR count). The first kappa shape index (κ1) is 21.7. The van der Waals surface area contributed by atoms with Gasteiger partial charge in [-0.15, -0.1) is 10.2 Å². The van der Waals surface area contributed by atoms with Crippen molar-refractivity contribution in [1.82, 2.24) is 14.8 Å². The van der Waals surface area contributed by atoms with Crippen LogP contribution in [-0.4, -0.2) is 33.2 Å². The van der Waals surface area contributed by atoms with E-state index in [4.69, 9.17) is 10.5 Å². The van der Waals surface area contributed by atoms with Crippen molar-refractivity contribution in [3.63, 3.8) is 0 Å². The number of hydrogen-bond donors (Lipinski definition) is 2. The van der Waals surface area contributed by atoms with Gasteiger partial charge >= 0.3 is 6.01 Å². The fourth-order valence-electron chi connectivity index (χ4n) is 2.86. The third kappa shape index (κ3) is 4.76. The van der Waals surface area contributed by atoms with E-state index in [0.29, 0.717) is 23.4 Å². The molecule has 160 valence electrons. The van der Waals surface area contributed by atoms with Crippen LogP contribution in [0.1, 0.15) is 38.1 Å². The minimum Gasteiger partial charge on any atom is -0.450 e. The van der Waals surface area contributed by atoms with Crippen LogP contribution < -0.4 is 11.1 Å². The Morgan fingerprint density at radius 1 is 1.33 bits per heavy atom. The largest absolute Gasteiger partial charge is 0.450 e. The van der Waals surface area contributed by atoms with Crippen LogP contribution in [0.25, 0.3) is 5.57 Å². The summed E-state index contributed by atoms with van der Waals surface area (Å²) in [6.45, 7) is 6.39. The predicted molar refractivity (Wildman–Crippen MR) is 113 cm³/mol. The van der Waals surface area contributed by atoms with Crippen LogP contribution in [-0.2, 0) is 20.8 Å². The van der Waals surface area contributed by atoms with Gasteiger partial charge in [-0.05, 0) is 30.5 Å². The van der Waals surface area contributed by atoms with Gasteiger partial charge in [0.05, 0.1) is 11.3 Å². The lowest BCUT2D eigenvalue weighted by molar-refractivity contribution is -0.113. The van der Waals surface area contributed by atoms with E-state index in [2.05, 4.69) is 34.1 Å². The second-order valence-corrected chi connectivity index (χ2v) is 7.70. The van der Waals surface area contributed by atoms with Gasteiger partial charge in [-0.25, -0.2) is 0 Å². The Balaban J connectivity index is 1.67. The zero-order valence-corrected chi connectivity index (χ0v) is 17.8. The first-order chi connectivity index (χ1) is 14.4. The lowest BCUT2D eigenvalue weighted by atomic mass is 10.0. The number of nitrogens with zero attached hydrogens (tertiary/aromatic N) is 3.